The summed E-state index contributed by atoms with van der Waals surface area (Å²) in [4.78, 5) is 19.6. The van der Waals surface area contributed by atoms with Crippen LogP contribution in [-0.4, -0.2) is 28.2 Å². The molecule has 0 aromatic carbocycles. The predicted molar refractivity (Wildman–Crippen MR) is 71.5 cm³/mol. The number of rotatable bonds is 5. The van der Waals surface area contributed by atoms with Gasteiger partial charge >= 0.3 is 5.97 Å². The Morgan fingerprint density at radius 2 is 2.21 bits per heavy atom. The normalized spacial score (nSPS) is 10.2. The number of thioether (sulfide) groups is 1. The van der Waals surface area contributed by atoms with Crippen LogP contribution in [-0.2, 0) is 5.75 Å². The van der Waals surface area contributed by atoms with Crippen molar-refractivity contribution in [1.29, 1.82) is 0 Å². The Morgan fingerprint density at radius 3 is 2.95 bits per heavy atom. The quantitative estimate of drug-likeness (QED) is 0.846. The van der Waals surface area contributed by atoms with Gasteiger partial charge in [0, 0.05) is 28.6 Å². The van der Waals surface area contributed by atoms with Gasteiger partial charge in [-0.2, -0.15) is 0 Å². The first kappa shape index (κ1) is 13.4. The van der Waals surface area contributed by atoms with E-state index in [2.05, 4.69) is 9.97 Å². The van der Waals surface area contributed by atoms with Crippen molar-refractivity contribution in [1.82, 2.24) is 9.97 Å². The van der Waals surface area contributed by atoms with Gasteiger partial charge in [-0.15, -0.1) is 11.8 Å². The van der Waals surface area contributed by atoms with Crippen LogP contribution >= 0.6 is 11.8 Å². The van der Waals surface area contributed by atoms with Crippen molar-refractivity contribution >= 4 is 17.7 Å². The first-order valence-corrected chi connectivity index (χ1v) is 6.49. The molecule has 0 spiro atoms. The van der Waals surface area contributed by atoms with Gasteiger partial charge < -0.3 is 9.84 Å². The topological polar surface area (TPSA) is 72.3 Å². The van der Waals surface area contributed by atoms with Crippen LogP contribution in [0.4, 0.5) is 0 Å². The molecule has 2 rings (SSSR count). The maximum Gasteiger partial charge on any atom is 0.354 e. The molecule has 0 amide bonds. The molecule has 0 aliphatic rings. The lowest BCUT2D eigenvalue weighted by atomic mass is 10.3. The average Bonchev–Trinajstić information content (AvgIpc) is 2.45. The second-order valence-electron chi connectivity index (χ2n) is 3.64. The number of aromatic nitrogens is 2. The van der Waals surface area contributed by atoms with E-state index in [-0.39, 0.29) is 5.69 Å². The van der Waals surface area contributed by atoms with Crippen molar-refractivity contribution in [2.75, 3.05) is 7.11 Å². The zero-order chi connectivity index (χ0) is 13.7. The molecule has 2 heterocycles. The fourth-order valence-corrected chi connectivity index (χ4v) is 2.39. The highest BCUT2D eigenvalue weighted by molar-refractivity contribution is 7.98. The molecule has 0 bridgehead atoms. The van der Waals surface area contributed by atoms with Gasteiger partial charge in [0.15, 0.2) is 0 Å². The molecule has 1 N–H and O–H groups in total. The highest BCUT2D eigenvalue weighted by Crippen LogP contribution is 2.26. The predicted octanol–water partition coefficient (Wildman–Crippen LogP) is 2.48. The molecule has 2 aromatic rings. The number of aromatic carboxylic acids is 1. The van der Waals surface area contributed by atoms with Gasteiger partial charge in [-0.1, -0.05) is 6.07 Å². The van der Waals surface area contributed by atoms with E-state index < -0.39 is 5.97 Å². The Bertz CT molecular complexity index is 590. The first-order valence-electron chi connectivity index (χ1n) is 5.50. The monoisotopic (exact) mass is 276 g/mol. The van der Waals surface area contributed by atoms with Crippen LogP contribution in [0.25, 0.3) is 0 Å². The molecule has 0 aliphatic carbocycles. The summed E-state index contributed by atoms with van der Waals surface area (Å²) in [6, 6.07) is 7.10. The summed E-state index contributed by atoms with van der Waals surface area (Å²) in [6.07, 6.45) is 3.16. The number of methoxy groups -OCH3 is 1. The van der Waals surface area contributed by atoms with Crippen LogP contribution in [0.15, 0.2) is 41.6 Å². The van der Waals surface area contributed by atoms with E-state index in [9.17, 15) is 4.79 Å². The average molecular weight is 276 g/mol. The summed E-state index contributed by atoms with van der Waals surface area (Å²) in [5.41, 5.74) is 1.01. The lowest BCUT2D eigenvalue weighted by Crippen LogP contribution is -1.99. The number of hydrogen-bond acceptors (Lipinski definition) is 5. The van der Waals surface area contributed by atoms with Crippen molar-refractivity contribution in [3.63, 3.8) is 0 Å². The number of pyridine rings is 2. The number of carboxylic acid groups (broad SMARTS) is 1. The van der Waals surface area contributed by atoms with Crippen molar-refractivity contribution in [3.05, 3.63) is 47.9 Å². The van der Waals surface area contributed by atoms with Crippen molar-refractivity contribution < 1.29 is 14.6 Å². The largest absolute Gasteiger partial charge is 0.481 e. The summed E-state index contributed by atoms with van der Waals surface area (Å²) in [7, 11) is 1.57. The lowest BCUT2D eigenvalue weighted by molar-refractivity contribution is 0.0690. The molecule has 6 heteroatoms. The van der Waals surface area contributed by atoms with E-state index in [1.807, 2.05) is 12.1 Å². The maximum absolute atomic E-state index is 10.8. The zero-order valence-corrected chi connectivity index (χ0v) is 11.1. The second-order valence-corrected chi connectivity index (χ2v) is 4.69. The van der Waals surface area contributed by atoms with E-state index in [1.165, 1.54) is 18.0 Å². The minimum Gasteiger partial charge on any atom is -0.481 e. The van der Waals surface area contributed by atoms with Crippen LogP contribution in [0.1, 0.15) is 16.1 Å². The van der Waals surface area contributed by atoms with Gasteiger partial charge in [0.05, 0.1) is 7.11 Å². The zero-order valence-electron chi connectivity index (χ0n) is 10.2. The van der Waals surface area contributed by atoms with Crippen molar-refractivity contribution in [2.24, 2.45) is 0 Å². The fraction of sp³-hybridized carbons (Fsp3) is 0.154. The van der Waals surface area contributed by atoms with Crippen molar-refractivity contribution in [2.45, 2.75) is 10.6 Å². The molecule has 0 aliphatic heterocycles. The minimum absolute atomic E-state index is 0.0446. The van der Waals surface area contributed by atoms with E-state index in [4.69, 9.17) is 9.84 Å². The van der Waals surface area contributed by atoms with Gasteiger partial charge in [0.25, 0.3) is 0 Å². The standard InChI is InChI=1S/C13H12N2O3S/c1-18-12-9(3-2-5-15-12)8-19-10-4-6-14-11(7-10)13(16)17/h2-7H,8H2,1H3,(H,16,17). The van der Waals surface area contributed by atoms with Crippen LogP contribution < -0.4 is 4.74 Å². The van der Waals surface area contributed by atoms with E-state index in [1.54, 1.807) is 25.4 Å². The molecule has 0 fully saturated rings. The number of nitrogens with zero attached hydrogens (tertiary/aromatic N) is 2. The molecule has 98 valence electrons. The highest BCUT2D eigenvalue weighted by atomic mass is 32.2. The fourth-order valence-electron chi connectivity index (χ4n) is 1.50. The summed E-state index contributed by atoms with van der Waals surface area (Å²) >= 11 is 1.51. The summed E-state index contributed by atoms with van der Waals surface area (Å²) in [6.45, 7) is 0. The Kier molecular flexibility index (Phi) is 4.35. The lowest BCUT2D eigenvalue weighted by Gasteiger charge is -2.06. The maximum atomic E-state index is 10.8. The van der Waals surface area contributed by atoms with Crippen molar-refractivity contribution in [3.8, 4) is 5.88 Å². The number of hydrogen-bond donors (Lipinski definition) is 1. The third-order valence-electron chi connectivity index (χ3n) is 2.39. The Labute approximate surface area is 114 Å². The summed E-state index contributed by atoms with van der Waals surface area (Å²) in [5, 5.41) is 8.87. The van der Waals surface area contributed by atoms with Gasteiger partial charge in [-0.3, -0.25) is 0 Å². The van der Waals surface area contributed by atoms with Gasteiger partial charge in [0.2, 0.25) is 5.88 Å². The smallest absolute Gasteiger partial charge is 0.354 e. The Hall–Kier alpha value is -2.08. The third kappa shape index (κ3) is 3.45. The van der Waals surface area contributed by atoms with Crippen LogP contribution in [0.5, 0.6) is 5.88 Å². The SMILES string of the molecule is COc1ncccc1CSc1ccnc(C(=O)O)c1. The molecular formula is C13H12N2O3S. The van der Waals surface area contributed by atoms with Crippen LogP contribution in [0, 0.1) is 0 Å². The minimum atomic E-state index is -1.03. The van der Waals surface area contributed by atoms with Crippen LogP contribution in [0.3, 0.4) is 0 Å². The summed E-state index contributed by atoms with van der Waals surface area (Å²) in [5.74, 6) is 0.212. The molecule has 0 atom stereocenters. The van der Waals surface area contributed by atoms with Gasteiger partial charge in [-0.05, 0) is 18.2 Å². The number of carboxylic acids is 1. The number of carbonyl (C=O) groups is 1. The van der Waals surface area contributed by atoms with E-state index in [0.29, 0.717) is 11.6 Å². The van der Waals surface area contributed by atoms with E-state index in [0.717, 1.165) is 10.5 Å². The number of ether oxygens (including phenoxy) is 1. The molecule has 0 unspecified atom stereocenters. The summed E-state index contributed by atoms with van der Waals surface area (Å²) < 4.78 is 5.16. The molecule has 5 nitrogen and oxygen atoms in total. The highest BCUT2D eigenvalue weighted by Gasteiger charge is 2.07. The molecule has 0 saturated heterocycles. The molecule has 2 aromatic heterocycles. The van der Waals surface area contributed by atoms with E-state index >= 15 is 0 Å². The van der Waals surface area contributed by atoms with Gasteiger partial charge in [-0.25, -0.2) is 14.8 Å². The molecular weight excluding hydrogens is 264 g/mol. The Morgan fingerprint density at radius 1 is 1.37 bits per heavy atom. The Balaban J connectivity index is 2.10. The second kappa shape index (κ2) is 6.19. The molecule has 19 heavy (non-hydrogen) atoms. The van der Waals surface area contributed by atoms with Gasteiger partial charge in [0.1, 0.15) is 5.69 Å². The third-order valence-corrected chi connectivity index (χ3v) is 3.43. The van der Waals surface area contributed by atoms with Crippen LogP contribution in [0.2, 0.25) is 0 Å². The molecule has 0 saturated carbocycles. The molecule has 0 radical (unpaired) electrons. The first-order chi connectivity index (χ1) is 9.20.